The Balaban J connectivity index is 1.30. The molecule has 1 aromatic rings. The summed E-state index contributed by atoms with van der Waals surface area (Å²) >= 11 is 0. The Morgan fingerprint density at radius 1 is 1.10 bits per heavy atom. The van der Waals surface area contributed by atoms with E-state index >= 15 is 0 Å². The summed E-state index contributed by atoms with van der Waals surface area (Å²) in [6, 6.07) is -0.0786. The van der Waals surface area contributed by atoms with Gasteiger partial charge < -0.3 is 14.5 Å². The average Bonchev–Trinajstić information content (AvgIpc) is 3.26. The molecule has 0 bridgehead atoms. The molecule has 0 aromatic carbocycles. The van der Waals surface area contributed by atoms with E-state index in [0.717, 1.165) is 18.5 Å². The van der Waals surface area contributed by atoms with Crippen molar-refractivity contribution in [3.63, 3.8) is 0 Å². The van der Waals surface area contributed by atoms with Gasteiger partial charge in [0.05, 0.1) is 24.4 Å². The van der Waals surface area contributed by atoms with Crippen LogP contribution >= 0.6 is 0 Å². The van der Waals surface area contributed by atoms with Crippen LogP contribution in [0.25, 0.3) is 0 Å². The molecule has 3 aliphatic heterocycles. The predicted octanol–water partition coefficient (Wildman–Crippen LogP) is 1.68. The highest BCUT2D eigenvalue weighted by Gasteiger charge is 2.37. The number of aryl methyl sites for hydroxylation is 1. The second-order valence-corrected chi connectivity index (χ2v) is 9.52. The molecule has 0 saturated carbocycles. The van der Waals surface area contributed by atoms with Crippen LogP contribution in [0.15, 0.2) is 6.20 Å². The van der Waals surface area contributed by atoms with Crippen molar-refractivity contribution in [2.24, 2.45) is 5.92 Å². The molecule has 1 unspecified atom stereocenters. The van der Waals surface area contributed by atoms with Gasteiger partial charge in [-0.25, -0.2) is 24.1 Å². The number of piperazine rings is 1. The fourth-order valence-electron chi connectivity index (χ4n) is 4.51. The van der Waals surface area contributed by atoms with Crippen LogP contribution in [0.1, 0.15) is 45.1 Å². The van der Waals surface area contributed by atoms with Crippen LogP contribution in [0.5, 0.6) is 0 Å². The van der Waals surface area contributed by atoms with Crippen molar-refractivity contribution in [3.8, 4) is 0 Å². The van der Waals surface area contributed by atoms with Gasteiger partial charge in [-0.1, -0.05) is 0 Å². The van der Waals surface area contributed by atoms with Gasteiger partial charge in [0, 0.05) is 39.3 Å². The molecule has 170 valence electrons. The Labute approximate surface area is 182 Å². The number of nitrogens with zero attached hydrogens (tertiary/aromatic N) is 6. The third-order valence-corrected chi connectivity index (χ3v) is 6.07. The SMILES string of the molecule is Cc1ncc2n1C(=O)N(N1CCN(C(=O)C3CCCN(C(=O)OC(C)(C)C)C3)CC1)C2. The summed E-state index contributed by atoms with van der Waals surface area (Å²) in [5, 5.41) is 3.77. The number of piperidine rings is 1. The number of likely N-dealkylation sites (tertiary alicyclic amines) is 1. The Kier molecular flexibility index (Phi) is 5.67. The molecule has 10 heteroatoms. The average molecular weight is 433 g/mol. The minimum Gasteiger partial charge on any atom is -0.444 e. The number of aromatic nitrogens is 2. The van der Waals surface area contributed by atoms with Gasteiger partial charge in [0.15, 0.2) is 0 Å². The zero-order chi connectivity index (χ0) is 22.3. The normalized spacial score (nSPS) is 22.6. The van der Waals surface area contributed by atoms with E-state index in [0.29, 0.717) is 51.6 Å². The lowest BCUT2D eigenvalue weighted by Gasteiger charge is -2.41. The lowest BCUT2D eigenvalue weighted by atomic mass is 9.96. The minimum absolute atomic E-state index is 0.0786. The number of fused-ring (bicyclic) bond motifs is 1. The van der Waals surface area contributed by atoms with Gasteiger partial charge in [-0.2, -0.15) is 0 Å². The van der Waals surface area contributed by atoms with E-state index in [4.69, 9.17) is 4.74 Å². The van der Waals surface area contributed by atoms with E-state index in [2.05, 4.69) is 4.98 Å². The van der Waals surface area contributed by atoms with Crippen molar-refractivity contribution in [1.29, 1.82) is 0 Å². The van der Waals surface area contributed by atoms with Crippen LogP contribution < -0.4 is 0 Å². The van der Waals surface area contributed by atoms with Crippen LogP contribution in [0.3, 0.4) is 0 Å². The van der Waals surface area contributed by atoms with E-state index in [-0.39, 0.29) is 23.9 Å². The maximum absolute atomic E-state index is 13.1. The molecule has 1 atom stereocenters. The third kappa shape index (κ3) is 4.39. The number of carbonyl (C=O) groups excluding carboxylic acids is 3. The first-order valence-electron chi connectivity index (χ1n) is 11.0. The molecule has 10 nitrogen and oxygen atoms in total. The summed E-state index contributed by atoms with van der Waals surface area (Å²) < 4.78 is 7.12. The molecule has 4 rings (SSSR count). The van der Waals surface area contributed by atoms with Crippen LogP contribution in [0.4, 0.5) is 9.59 Å². The third-order valence-electron chi connectivity index (χ3n) is 6.07. The van der Waals surface area contributed by atoms with Gasteiger partial charge in [0.2, 0.25) is 5.91 Å². The summed E-state index contributed by atoms with van der Waals surface area (Å²) in [5.74, 6) is 0.589. The standard InChI is InChI=1S/C21H32N6O4/c1-15-22-12-17-14-26(19(29)27(15)17)25-10-8-23(9-11-25)18(28)16-6-5-7-24(13-16)20(30)31-21(2,3)4/h12,16H,5-11,13-14H2,1-4H3. The number of hydrogen-bond donors (Lipinski definition) is 0. The van der Waals surface area contributed by atoms with E-state index in [1.54, 1.807) is 20.7 Å². The smallest absolute Gasteiger partial charge is 0.410 e. The van der Waals surface area contributed by atoms with Crippen molar-refractivity contribution < 1.29 is 19.1 Å². The van der Waals surface area contributed by atoms with Crippen LogP contribution in [0, 0.1) is 12.8 Å². The Morgan fingerprint density at radius 3 is 2.45 bits per heavy atom. The van der Waals surface area contributed by atoms with Crippen LogP contribution in [0.2, 0.25) is 0 Å². The van der Waals surface area contributed by atoms with E-state index in [1.807, 2.05) is 37.6 Å². The predicted molar refractivity (Wildman–Crippen MR) is 112 cm³/mol. The van der Waals surface area contributed by atoms with E-state index in [1.165, 1.54) is 0 Å². The Bertz CT molecular complexity index is 868. The molecular weight excluding hydrogens is 400 g/mol. The molecule has 0 spiro atoms. The van der Waals surface area contributed by atoms with Gasteiger partial charge in [-0.3, -0.25) is 9.80 Å². The maximum Gasteiger partial charge on any atom is 0.410 e. The highest BCUT2D eigenvalue weighted by molar-refractivity contribution is 5.81. The molecule has 31 heavy (non-hydrogen) atoms. The van der Waals surface area contributed by atoms with Crippen LogP contribution in [-0.2, 0) is 16.1 Å². The molecule has 0 aliphatic carbocycles. The highest BCUT2D eigenvalue weighted by atomic mass is 16.6. The van der Waals surface area contributed by atoms with Gasteiger partial charge >= 0.3 is 12.1 Å². The van der Waals surface area contributed by atoms with Gasteiger partial charge in [0.25, 0.3) is 0 Å². The van der Waals surface area contributed by atoms with Crippen molar-refractivity contribution in [2.45, 2.75) is 52.7 Å². The van der Waals surface area contributed by atoms with Gasteiger partial charge in [0.1, 0.15) is 11.4 Å². The van der Waals surface area contributed by atoms with Crippen molar-refractivity contribution in [2.75, 3.05) is 39.3 Å². The lowest BCUT2D eigenvalue weighted by Crippen LogP contribution is -2.57. The first kappa shape index (κ1) is 21.6. The number of hydrogen-bond acceptors (Lipinski definition) is 6. The topological polar surface area (TPSA) is 91.2 Å². The monoisotopic (exact) mass is 432 g/mol. The number of amides is 3. The van der Waals surface area contributed by atoms with Crippen molar-refractivity contribution in [1.82, 2.24) is 29.4 Å². The van der Waals surface area contributed by atoms with Gasteiger partial charge in [-0.15, -0.1) is 0 Å². The number of carbonyl (C=O) groups is 3. The quantitative estimate of drug-likeness (QED) is 0.706. The second kappa shape index (κ2) is 8.14. The molecular formula is C21H32N6O4. The largest absolute Gasteiger partial charge is 0.444 e. The van der Waals surface area contributed by atoms with Crippen molar-refractivity contribution in [3.05, 3.63) is 17.7 Å². The Morgan fingerprint density at radius 2 is 1.81 bits per heavy atom. The molecule has 2 saturated heterocycles. The maximum atomic E-state index is 13.1. The summed E-state index contributed by atoms with van der Waals surface area (Å²) in [7, 11) is 0. The summed E-state index contributed by atoms with van der Waals surface area (Å²) in [6.45, 7) is 11.3. The van der Waals surface area contributed by atoms with Gasteiger partial charge in [-0.05, 0) is 40.5 Å². The molecule has 0 N–H and O–H groups in total. The summed E-state index contributed by atoms with van der Waals surface area (Å²) in [5.41, 5.74) is 0.345. The van der Waals surface area contributed by atoms with Crippen molar-refractivity contribution >= 4 is 18.0 Å². The first-order chi connectivity index (χ1) is 14.6. The second-order valence-electron chi connectivity index (χ2n) is 9.52. The van der Waals surface area contributed by atoms with E-state index in [9.17, 15) is 14.4 Å². The number of imidazole rings is 1. The molecule has 3 aliphatic rings. The molecule has 2 fully saturated rings. The highest BCUT2D eigenvalue weighted by Crippen LogP contribution is 2.24. The fraction of sp³-hybridized carbons (Fsp3) is 0.714. The molecule has 0 radical (unpaired) electrons. The number of hydrazine groups is 1. The molecule has 3 amide bonds. The van der Waals surface area contributed by atoms with E-state index < -0.39 is 5.60 Å². The zero-order valence-electron chi connectivity index (χ0n) is 18.8. The number of rotatable bonds is 2. The summed E-state index contributed by atoms with van der Waals surface area (Å²) in [4.78, 5) is 46.0. The zero-order valence-corrected chi connectivity index (χ0v) is 18.8. The summed E-state index contributed by atoms with van der Waals surface area (Å²) in [6.07, 6.45) is 2.97. The minimum atomic E-state index is -0.549. The fourth-order valence-corrected chi connectivity index (χ4v) is 4.51. The van der Waals surface area contributed by atoms with Crippen LogP contribution in [-0.4, -0.2) is 92.3 Å². The number of ether oxygens (including phenoxy) is 1. The molecule has 4 heterocycles. The molecule has 1 aromatic heterocycles. The first-order valence-corrected chi connectivity index (χ1v) is 11.0. The lowest BCUT2D eigenvalue weighted by molar-refractivity contribution is -0.141. The Hall–Kier alpha value is -2.62.